The van der Waals surface area contributed by atoms with Gasteiger partial charge in [0.1, 0.15) is 12.2 Å². The summed E-state index contributed by atoms with van der Waals surface area (Å²) < 4.78 is 76.1. The van der Waals surface area contributed by atoms with Gasteiger partial charge in [-0.25, -0.2) is 0 Å². The van der Waals surface area contributed by atoms with Crippen molar-refractivity contribution in [3.63, 3.8) is 0 Å². The van der Waals surface area contributed by atoms with Crippen molar-refractivity contribution in [2.24, 2.45) is 5.18 Å². The van der Waals surface area contributed by atoms with Crippen LogP contribution in [0.1, 0.15) is 26.7 Å². The van der Waals surface area contributed by atoms with Crippen LogP contribution in [0.4, 0.5) is 30.6 Å². The molecule has 0 aliphatic carbocycles. The molecule has 4 N–H and O–H groups in total. The lowest BCUT2D eigenvalue weighted by Gasteiger charge is -2.23. The van der Waals surface area contributed by atoms with Crippen molar-refractivity contribution < 1.29 is 40.0 Å². The van der Waals surface area contributed by atoms with Gasteiger partial charge in [-0.2, -0.15) is 26.6 Å². The third-order valence-electron chi connectivity index (χ3n) is 4.08. The van der Waals surface area contributed by atoms with E-state index in [1.807, 2.05) is 4.98 Å². The Balaban J connectivity index is 2.39. The van der Waals surface area contributed by atoms with E-state index in [1.165, 1.54) is 0 Å². The normalized spacial score (nSPS) is 22.7. The molecule has 0 aromatic carbocycles. The number of carbonyl (C=O) groups excluding carboxylic acids is 1. The van der Waals surface area contributed by atoms with Crippen LogP contribution in [-0.4, -0.2) is 54.4 Å². The van der Waals surface area contributed by atoms with Crippen LogP contribution in [0.25, 0.3) is 0 Å². The molecule has 4 unspecified atom stereocenters. The average molecular weight is 473 g/mol. The second-order valence-electron chi connectivity index (χ2n) is 6.31. The third kappa shape index (κ3) is 5.67. The molecule has 1 aliphatic heterocycles. The lowest BCUT2D eigenvalue weighted by molar-refractivity contribution is -0.154. The maximum absolute atomic E-state index is 12.8. The van der Waals surface area contributed by atoms with E-state index in [2.05, 4.69) is 19.7 Å². The molecular weight excluding hydrogens is 455 g/mol. The molecule has 0 radical (unpaired) electrons. The number of esters is 1. The fourth-order valence-corrected chi connectivity index (χ4v) is 3.41. The van der Waals surface area contributed by atoms with Gasteiger partial charge in [-0.15, -0.1) is 4.91 Å². The molecule has 17 heteroatoms. The molecule has 0 spiro atoms. The lowest BCUT2D eigenvalue weighted by atomic mass is 10.1. The van der Waals surface area contributed by atoms with Crippen molar-refractivity contribution in [2.45, 2.75) is 56.7 Å². The summed E-state index contributed by atoms with van der Waals surface area (Å²) in [6.45, 7) is 2.69. The fraction of sp³-hybridized carbons (Fsp3) is 0.643. The van der Waals surface area contributed by atoms with Gasteiger partial charge in [0.2, 0.25) is 11.6 Å². The van der Waals surface area contributed by atoms with Gasteiger partial charge >= 0.3 is 21.6 Å². The smallest absolute Gasteiger partial charge is 0.460 e. The van der Waals surface area contributed by atoms with E-state index in [1.54, 1.807) is 6.92 Å². The number of alkyl halides is 3. The maximum atomic E-state index is 12.8. The molecule has 0 bridgehead atoms. The number of rotatable bonds is 8. The Kier molecular flexibility index (Phi) is 7.22. The Morgan fingerprint density at radius 2 is 2.13 bits per heavy atom. The molecule has 1 saturated heterocycles. The highest BCUT2D eigenvalue weighted by Crippen LogP contribution is 2.34. The first-order valence-electron chi connectivity index (χ1n) is 8.61. The number of halogens is 3. The van der Waals surface area contributed by atoms with Gasteiger partial charge in [0.25, 0.3) is 5.56 Å². The summed E-state index contributed by atoms with van der Waals surface area (Å²) in [5, 5.41) is 4.77. The molecule has 1 aromatic rings. The molecular formula is C14H18F3N5O8S. The summed E-state index contributed by atoms with van der Waals surface area (Å²) in [5.41, 5.74) is -2.22. The number of nitrogen functional groups attached to an aromatic ring is 1. The Morgan fingerprint density at radius 1 is 1.48 bits per heavy atom. The predicted molar refractivity (Wildman–Crippen MR) is 97.3 cm³/mol. The summed E-state index contributed by atoms with van der Waals surface area (Å²) in [6.07, 6.45) is -5.80. The topological polar surface area (TPSA) is 192 Å². The number of H-pyrrole nitrogens is 1. The van der Waals surface area contributed by atoms with Crippen molar-refractivity contribution in [3.05, 3.63) is 15.3 Å². The molecule has 2 rings (SSSR count). The largest absolute Gasteiger partial charge is 0.523 e. The predicted octanol–water partition coefficient (Wildman–Crippen LogP) is 0.853. The van der Waals surface area contributed by atoms with Gasteiger partial charge in [-0.1, -0.05) is 6.92 Å². The number of hydrogen-bond donors (Lipinski definition) is 3. The molecule has 1 fully saturated rings. The highest BCUT2D eigenvalue weighted by atomic mass is 32.2. The monoisotopic (exact) mass is 473 g/mol. The van der Waals surface area contributed by atoms with Crippen LogP contribution in [0.15, 0.2) is 9.97 Å². The lowest BCUT2D eigenvalue weighted by Crippen LogP contribution is -2.38. The van der Waals surface area contributed by atoms with Crippen LogP contribution in [0.2, 0.25) is 0 Å². The van der Waals surface area contributed by atoms with Crippen LogP contribution in [0.5, 0.6) is 0 Å². The standard InChI is InChI=1S/C14H18F3N5O8S/c1-3-6(28-5(2)23)7-4-8(30-31(26,27)14(15,16)17)12(29-7)19-10-9(22-25)11(24)21-13(18)20-10/h6-8,12H,3-4H2,1-2H3,(H4,18,19,20,21,24). The Labute approximate surface area is 172 Å². The number of aromatic amines is 1. The third-order valence-corrected chi connectivity index (χ3v) is 5.14. The van der Waals surface area contributed by atoms with Crippen molar-refractivity contribution in [1.82, 2.24) is 9.97 Å². The summed E-state index contributed by atoms with van der Waals surface area (Å²) >= 11 is 0. The van der Waals surface area contributed by atoms with Crippen LogP contribution in [0, 0.1) is 4.91 Å². The number of hydrogen-bond acceptors (Lipinski definition) is 12. The van der Waals surface area contributed by atoms with E-state index in [0.29, 0.717) is 0 Å². The van der Waals surface area contributed by atoms with E-state index >= 15 is 0 Å². The number of ether oxygens (including phenoxy) is 2. The van der Waals surface area contributed by atoms with Crippen LogP contribution >= 0.6 is 0 Å². The minimum Gasteiger partial charge on any atom is -0.460 e. The van der Waals surface area contributed by atoms with Gasteiger partial charge in [0, 0.05) is 13.3 Å². The SMILES string of the molecule is CCC(OC(C)=O)C1CC(OS(=O)(=O)C(F)(F)F)C(Nc2nc(N)[nH]c(=O)c2N=O)O1. The average Bonchev–Trinajstić information content (AvgIpc) is 2.99. The number of nitroso groups, excluding NO2 is 1. The zero-order chi connectivity index (χ0) is 23.6. The van der Waals surface area contributed by atoms with E-state index in [9.17, 15) is 36.1 Å². The van der Waals surface area contributed by atoms with E-state index < -0.39 is 75.6 Å². The van der Waals surface area contributed by atoms with Crippen LogP contribution in [0.3, 0.4) is 0 Å². The summed E-state index contributed by atoms with van der Waals surface area (Å²) in [6, 6.07) is 0. The molecule has 13 nitrogen and oxygen atoms in total. The first-order valence-corrected chi connectivity index (χ1v) is 10.0. The molecule has 4 atom stereocenters. The Bertz CT molecular complexity index is 999. The second kappa shape index (κ2) is 9.15. The van der Waals surface area contributed by atoms with Crippen LogP contribution < -0.4 is 16.6 Å². The Morgan fingerprint density at radius 3 is 2.65 bits per heavy atom. The van der Waals surface area contributed by atoms with Crippen molar-refractivity contribution in [3.8, 4) is 0 Å². The first-order chi connectivity index (χ1) is 14.3. The van der Waals surface area contributed by atoms with E-state index in [0.717, 1.165) is 6.92 Å². The van der Waals surface area contributed by atoms with E-state index in [-0.39, 0.29) is 6.42 Å². The van der Waals surface area contributed by atoms with Gasteiger partial charge < -0.3 is 20.5 Å². The minimum absolute atomic E-state index is 0.174. The van der Waals surface area contributed by atoms with Crippen molar-refractivity contribution in [2.75, 3.05) is 11.1 Å². The molecule has 0 amide bonds. The number of nitrogens with one attached hydrogen (secondary N) is 2. The quantitative estimate of drug-likeness (QED) is 0.210. The Hall–Kier alpha value is -2.79. The van der Waals surface area contributed by atoms with Gasteiger partial charge in [0.15, 0.2) is 12.0 Å². The number of carbonyl (C=O) groups is 1. The van der Waals surface area contributed by atoms with Crippen molar-refractivity contribution >= 4 is 33.5 Å². The molecule has 2 heterocycles. The zero-order valence-electron chi connectivity index (χ0n) is 16.0. The van der Waals surface area contributed by atoms with E-state index in [4.69, 9.17) is 15.2 Å². The summed E-state index contributed by atoms with van der Waals surface area (Å²) in [7, 11) is -6.04. The van der Waals surface area contributed by atoms with Crippen molar-refractivity contribution in [1.29, 1.82) is 0 Å². The van der Waals surface area contributed by atoms with Gasteiger partial charge in [0.05, 0.1) is 6.10 Å². The molecule has 1 aromatic heterocycles. The molecule has 174 valence electrons. The second-order valence-corrected chi connectivity index (χ2v) is 7.87. The fourth-order valence-electron chi connectivity index (χ4n) is 2.80. The minimum atomic E-state index is -6.04. The number of anilines is 2. The van der Waals surface area contributed by atoms with Crippen LogP contribution in [-0.2, 0) is 28.6 Å². The maximum Gasteiger partial charge on any atom is 0.523 e. The highest BCUT2D eigenvalue weighted by molar-refractivity contribution is 7.87. The van der Waals surface area contributed by atoms with Gasteiger partial charge in [-0.05, 0) is 11.6 Å². The molecule has 1 aliphatic rings. The number of nitrogens with two attached hydrogens (primary N) is 1. The summed E-state index contributed by atoms with van der Waals surface area (Å²) in [4.78, 5) is 39.6. The number of aromatic nitrogens is 2. The van der Waals surface area contributed by atoms with Gasteiger partial charge in [-0.3, -0.25) is 18.8 Å². The highest BCUT2D eigenvalue weighted by Gasteiger charge is 2.52. The summed E-state index contributed by atoms with van der Waals surface area (Å²) in [5.74, 6) is -1.76. The molecule has 0 saturated carbocycles. The zero-order valence-corrected chi connectivity index (χ0v) is 16.8. The first kappa shape index (κ1) is 24.5. The molecule has 31 heavy (non-hydrogen) atoms. The number of nitrogens with zero attached hydrogens (tertiary/aromatic N) is 2.